The molecule has 2 aliphatic rings. The highest BCUT2D eigenvalue weighted by Crippen LogP contribution is 2.50. The number of anilines is 2. The summed E-state index contributed by atoms with van der Waals surface area (Å²) < 4.78 is 26.1. The summed E-state index contributed by atoms with van der Waals surface area (Å²) in [5, 5.41) is 21.2. The lowest BCUT2D eigenvalue weighted by Crippen LogP contribution is -2.69. The summed E-state index contributed by atoms with van der Waals surface area (Å²) in [6, 6.07) is 9.95. The molecule has 4 amide bonds. The van der Waals surface area contributed by atoms with E-state index in [1.807, 2.05) is 29.8 Å². The van der Waals surface area contributed by atoms with Gasteiger partial charge in [0.15, 0.2) is 5.76 Å². The maximum Gasteiger partial charge on any atom is 0.322 e. The first-order valence-corrected chi connectivity index (χ1v) is 13.3. The lowest BCUT2D eigenvalue weighted by atomic mass is 9.69. The van der Waals surface area contributed by atoms with Gasteiger partial charge in [-0.05, 0) is 55.8 Å². The van der Waals surface area contributed by atoms with Crippen LogP contribution in [0.3, 0.4) is 0 Å². The Balaban J connectivity index is 1.38. The van der Waals surface area contributed by atoms with E-state index in [1.165, 1.54) is 24.3 Å². The van der Waals surface area contributed by atoms with Crippen molar-refractivity contribution in [1.82, 2.24) is 19.5 Å². The highest BCUT2D eigenvalue weighted by molar-refractivity contribution is 5.95. The average Bonchev–Trinajstić information content (AvgIpc) is 3.42. The van der Waals surface area contributed by atoms with E-state index in [1.54, 1.807) is 30.8 Å². The number of amides is 4. The molecule has 6 rings (SSSR count). The van der Waals surface area contributed by atoms with Gasteiger partial charge in [0.05, 0.1) is 30.7 Å². The van der Waals surface area contributed by atoms with E-state index >= 15 is 0 Å². The second-order valence-electron chi connectivity index (χ2n) is 10.7. The molecule has 4 heterocycles. The van der Waals surface area contributed by atoms with Crippen LogP contribution in [-0.4, -0.2) is 70.0 Å². The average molecular weight is 563 g/mol. The summed E-state index contributed by atoms with van der Waals surface area (Å²) in [7, 11) is 3.50. The minimum absolute atomic E-state index is 0.262. The second-order valence-corrected chi connectivity index (χ2v) is 10.7. The van der Waals surface area contributed by atoms with Crippen LogP contribution in [0.5, 0.6) is 5.75 Å². The molecule has 0 saturated carbocycles. The van der Waals surface area contributed by atoms with Crippen LogP contribution >= 0.6 is 0 Å². The molecule has 0 unspecified atom stereocenters. The molecular weight excluding hydrogens is 531 g/mol. The van der Waals surface area contributed by atoms with Crippen molar-refractivity contribution in [3.63, 3.8) is 0 Å². The third-order valence-corrected chi connectivity index (χ3v) is 8.22. The largest absolute Gasteiger partial charge is 0.497 e. The van der Waals surface area contributed by atoms with Gasteiger partial charge in [-0.25, -0.2) is 14.0 Å². The summed E-state index contributed by atoms with van der Waals surface area (Å²) in [5.41, 5.74) is 3.66. The molecule has 11 nitrogen and oxygen atoms in total. The van der Waals surface area contributed by atoms with Gasteiger partial charge in [0.25, 0.3) is 0 Å². The van der Waals surface area contributed by atoms with E-state index in [0.717, 1.165) is 22.2 Å². The van der Waals surface area contributed by atoms with Crippen molar-refractivity contribution >= 4 is 34.3 Å². The SMILES string of the molecule is COc1ccc2c3c(n(C)c2c1)[C@H](CO)N(C(=O)Nc1ccc(F)cc1)CC31CN(C(=O)Nc2c(C)noc2C)C1. The van der Waals surface area contributed by atoms with Crippen molar-refractivity contribution in [2.45, 2.75) is 25.3 Å². The molecule has 12 heteroatoms. The number of fused-ring (bicyclic) bond motifs is 4. The number of urea groups is 2. The number of carbonyl (C=O) groups is 2. The van der Waals surface area contributed by atoms with Gasteiger partial charge in [0.1, 0.15) is 22.9 Å². The Hall–Kier alpha value is -4.58. The van der Waals surface area contributed by atoms with E-state index in [-0.39, 0.29) is 19.2 Å². The minimum atomic E-state index is -0.648. The van der Waals surface area contributed by atoms with E-state index in [4.69, 9.17) is 9.26 Å². The van der Waals surface area contributed by atoms with Crippen molar-refractivity contribution in [1.29, 1.82) is 0 Å². The minimum Gasteiger partial charge on any atom is -0.497 e. The Kier molecular flexibility index (Phi) is 6.37. The third-order valence-electron chi connectivity index (χ3n) is 8.22. The van der Waals surface area contributed by atoms with Crippen molar-refractivity contribution in [2.75, 3.05) is 44.0 Å². The highest BCUT2D eigenvalue weighted by Gasteiger charge is 2.55. The van der Waals surface area contributed by atoms with Gasteiger partial charge in [-0.15, -0.1) is 0 Å². The van der Waals surface area contributed by atoms with Gasteiger partial charge in [-0.2, -0.15) is 0 Å². The summed E-state index contributed by atoms with van der Waals surface area (Å²) in [4.78, 5) is 30.2. The number of aliphatic hydroxyl groups is 1. The molecule has 1 saturated heterocycles. The number of hydrogen-bond donors (Lipinski definition) is 3. The summed E-state index contributed by atoms with van der Waals surface area (Å²) >= 11 is 0. The topological polar surface area (TPSA) is 125 Å². The zero-order valence-electron chi connectivity index (χ0n) is 23.2. The molecule has 2 aliphatic heterocycles. The van der Waals surface area contributed by atoms with Crippen LogP contribution in [0, 0.1) is 19.7 Å². The van der Waals surface area contributed by atoms with Gasteiger partial charge < -0.3 is 39.4 Å². The molecule has 1 fully saturated rings. The first-order valence-electron chi connectivity index (χ1n) is 13.3. The summed E-state index contributed by atoms with van der Waals surface area (Å²) in [5.74, 6) is 0.793. The fourth-order valence-corrected chi connectivity index (χ4v) is 6.23. The fraction of sp³-hybridized carbons (Fsp3) is 0.345. The van der Waals surface area contributed by atoms with Crippen molar-refractivity contribution < 1.29 is 28.3 Å². The number of rotatable bonds is 4. The van der Waals surface area contributed by atoms with Crippen LogP contribution in [0.15, 0.2) is 47.0 Å². The molecule has 214 valence electrons. The monoisotopic (exact) mass is 562 g/mol. The number of aromatic nitrogens is 2. The number of likely N-dealkylation sites (tertiary alicyclic amines) is 1. The van der Waals surface area contributed by atoms with E-state index < -0.39 is 23.3 Å². The zero-order valence-corrected chi connectivity index (χ0v) is 23.2. The van der Waals surface area contributed by atoms with Gasteiger partial charge in [0, 0.05) is 49.5 Å². The van der Waals surface area contributed by atoms with Crippen LogP contribution in [0.4, 0.5) is 25.4 Å². The molecule has 3 N–H and O–H groups in total. The molecule has 0 bridgehead atoms. The fourth-order valence-electron chi connectivity index (χ4n) is 6.23. The van der Waals surface area contributed by atoms with Crippen LogP contribution in [0.2, 0.25) is 0 Å². The first kappa shape index (κ1) is 26.6. The van der Waals surface area contributed by atoms with Gasteiger partial charge in [-0.3, -0.25) is 0 Å². The maximum atomic E-state index is 13.7. The molecule has 0 aliphatic carbocycles. The molecule has 41 heavy (non-hydrogen) atoms. The lowest BCUT2D eigenvalue weighted by molar-refractivity contribution is 0.0362. The van der Waals surface area contributed by atoms with Crippen molar-refractivity contribution in [2.24, 2.45) is 7.05 Å². The van der Waals surface area contributed by atoms with Crippen LogP contribution in [-0.2, 0) is 12.5 Å². The molecule has 1 spiro atoms. The Morgan fingerprint density at radius 2 is 1.85 bits per heavy atom. The van der Waals surface area contributed by atoms with Crippen molar-refractivity contribution in [3.05, 3.63) is 71.0 Å². The number of ether oxygens (including phenoxy) is 1. The van der Waals surface area contributed by atoms with Crippen LogP contribution in [0.25, 0.3) is 10.9 Å². The predicted molar refractivity (Wildman–Crippen MR) is 150 cm³/mol. The Bertz CT molecular complexity index is 1640. The Morgan fingerprint density at radius 3 is 2.49 bits per heavy atom. The highest BCUT2D eigenvalue weighted by atomic mass is 19.1. The number of aliphatic hydroxyl groups excluding tert-OH is 1. The lowest BCUT2D eigenvalue weighted by Gasteiger charge is -2.56. The van der Waals surface area contributed by atoms with Crippen LogP contribution < -0.4 is 15.4 Å². The van der Waals surface area contributed by atoms with Gasteiger partial charge >= 0.3 is 12.1 Å². The normalized spacial score (nSPS) is 17.4. The van der Waals surface area contributed by atoms with E-state index in [2.05, 4.69) is 15.8 Å². The third kappa shape index (κ3) is 4.26. The predicted octanol–water partition coefficient (Wildman–Crippen LogP) is 4.30. The molecule has 2 aromatic carbocycles. The number of carbonyl (C=O) groups excluding carboxylic acids is 2. The maximum absolute atomic E-state index is 13.7. The number of methoxy groups -OCH3 is 1. The number of aryl methyl sites for hydroxylation is 3. The Morgan fingerprint density at radius 1 is 1.12 bits per heavy atom. The molecule has 4 aromatic rings. The number of benzene rings is 2. The second kappa shape index (κ2) is 9.81. The standard InChI is InChI=1S/C29H31FN6O5/c1-16-25(17(2)41-33-16)32-27(38)35-13-29(14-35)15-36(28(39)31-19-7-5-18(30)6-8-19)23(12-37)26-24(29)21-10-9-20(40-4)11-22(21)34(26)3/h5-11,23,37H,12-15H2,1-4H3,(H,31,39)(H,32,38)/t23-/m0/s1. The number of nitrogens with one attached hydrogen (secondary N) is 2. The molecule has 0 radical (unpaired) electrons. The Labute approximate surface area is 235 Å². The van der Waals surface area contributed by atoms with Gasteiger partial charge in [0.2, 0.25) is 0 Å². The number of nitrogens with zero attached hydrogens (tertiary/aromatic N) is 4. The smallest absolute Gasteiger partial charge is 0.322 e. The number of halogens is 1. The molecule has 1 atom stereocenters. The van der Waals surface area contributed by atoms with Gasteiger partial charge in [-0.1, -0.05) is 5.16 Å². The number of hydrogen-bond acceptors (Lipinski definition) is 6. The quantitative estimate of drug-likeness (QED) is 0.341. The van der Waals surface area contributed by atoms with E-state index in [9.17, 15) is 19.1 Å². The zero-order chi connectivity index (χ0) is 29.1. The van der Waals surface area contributed by atoms with Crippen molar-refractivity contribution in [3.8, 4) is 5.75 Å². The summed E-state index contributed by atoms with van der Waals surface area (Å²) in [6.07, 6.45) is 0. The molecular formula is C29H31FN6O5. The summed E-state index contributed by atoms with van der Waals surface area (Å²) in [6.45, 7) is 4.14. The molecule has 2 aromatic heterocycles. The first-order chi connectivity index (χ1) is 19.7. The van der Waals surface area contributed by atoms with Crippen LogP contribution in [0.1, 0.15) is 28.8 Å². The van der Waals surface area contributed by atoms with E-state index in [0.29, 0.717) is 41.7 Å².